The Morgan fingerprint density at radius 1 is 1.24 bits per heavy atom. The lowest BCUT2D eigenvalue weighted by atomic mass is 10.0. The highest BCUT2D eigenvalue weighted by Crippen LogP contribution is 2.22. The summed E-state index contributed by atoms with van der Waals surface area (Å²) in [5.41, 5.74) is 2.24. The van der Waals surface area contributed by atoms with Crippen molar-refractivity contribution in [2.24, 2.45) is 0 Å². The number of ether oxygens (including phenoxy) is 1. The van der Waals surface area contributed by atoms with Crippen molar-refractivity contribution in [3.8, 4) is 24.2 Å². The van der Waals surface area contributed by atoms with E-state index in [-0.39, 0.29) is 6.61 Å². The summed E-state index contributed by atoms with van der Waals surface area (Å²) in [6.45, 7) is 0.218. The van der Waals surface area contributed by atoms with E-state index in [1.807, 2.05) is 36.4 Å². The zero-order chi connectivity index (χ0) is 15.1. The van der Waals surface area contributed by atoms with Crippen molar-refractivity contribution in [2.75, 3.05) is 6.61 Å². The van der Waals surface area contributed by atoms with E-state index in [1.54, 1.807) is 18.2 Å². The van der Waals surface area contributed by atoms with E-state index in [2.05, 4.69) is 12.0 Å². The van der Waals surface area contributed by atoms with Crippen molar-refractivity contribution < 1.29 is 4.74 Å². The molecule has 0 aromatic heterocycles. The molecule has 0 heterocycles. The topological polar surface area (TPSA) is 33.0 Å². The van der Waals surface area contributed by atoms with Gasteiger partial charge in [0.1, 0.15) is 12.4 Å². The molecule has 0 aliphatic carbocycles. The van der Waals surface area contributed by atoms with Crippen molar-refractivity contribution in [3.63, 3.8) is 0 Å². The quantitative estimate of drug-likeness (QED) is 0.475. The van der Waals surface area contributed by atoms with Crippen LogP contribution in [0.3, 0.4) is 0 Å². The molecule has 102 valence electrons. The molecule has 0 aliphatic heterocycles. The molecule has 2 nitrogen and oxygen atoms in total. The van der Waals surface area contributed by atoms with E-state index in [9.17, 15) is 5.26 Å². The number of rotatable bonds is 4. The van der Waals surface area contributed by atoms with Gasteiger partial charge in [0, 0.05) is 5.02 Å². The first-order chi connectivity index (χ1) is 10.2. The maximum atomic E-state index is 9.31. The van der Waals surface area contributed by atoms with Crippen molar-refractivity contribution >= 4 is 23.3 Å². The second-order valence-electron chi connectivity index (χ2n) is 4.24. The molecule has 0 N–H and O–H groups in total. The number of allylic oxidation sites excluding steroid dienone is 1. The second kappa shape index (κ2) is 7.20. The van der Waals surface area contributed by atoms with E-state index < -0.39 is 0 Å². The van der Waals surface area contributed by atoms with Gasteiger partial charge in [-0.2, -0.15) is 5.26 Å². The summed E-state index contributed by atoms with van der Waals surface area (Å²) in [5, 5.41) is 9.95. The van der Waals surface area contributed by atoms with Crippen molar-refractivity contribution in [1.82, 2.24) is 0 Å². The summed E-state index contributed by atoms with van der Waals surface area (Å²) >= 11 is 5.85. The molecule has 0 aliphatic rings. The van der Waals surface area contributed by atoms with E-state index in [0.717, 1.165) is 11.1 Å². The average Bonchev–Trinajstić information content (AvgIpc) is 2.52. The van der Waals surface area contributed by atoms with Gasteiger partial charge >= 0.3 is 0 Å². The van der Waals surface area contributed by atoms with E-state index in [4.69, 9.17) is 22.8 Å². The smallest absolute Gasteiger partial charge is 0.148 e. The third kappa shape index (κ3) is 4.14. The lowest BCUT2D eigenvalue weighted by molar-refractivity contribution is 0.370. The molecule has 0 atom stereocenters. The predicted molar refractivity (Wildman–Crippen MR) is 85.7 cm³/mol. The summed E-state index contributed by atoms with van der Waals surface area (Å²) < 4.78 is 5.37. The third-order valence-corrected chi connectivity index (χ3v) is 3.02. The number of nitrogens with zero attached hydrogens (tertiary/aromatic N) is 1. The van der Waals surface area contributed by atoms with E-state index >= 15 is 0 Å². The van der Waals surface area contributed by atoms with Crippen LogP contribution in [0.1, 0.15) is 11.1 Å². The number of halogens is 1. The molecule has 0 amide bonds. The fourth-order valence-corrected chi connectivity index (χ4v) is 1.92. The van der Waals surface area contributed by atoms with Crippen LogP contribution in [0.2, 0.25) is 5.02 Å². The van der Waals surface area contributed by atoms with Gasteiger partial charge in [-0.3, -0.25) is 0 Å². The minimum Gasteiger partial charge on any atom is -0.481 e. The highest BCUT2D eigenvalue weighted by molar-refractivity contribution is 6.30. The zero-order valence-electron chi connectivity index (χ0n) is 11.2. The first kappa shape index (κ1) is 14.7. The molecule has 0 saturated carbocycles. The Morgan fingerprint density at radius 2 is 2.00 bits per heavy atom. The highest BCUT2D eigenvalue weighted by atomic mass is 35.5. The molecule has 3 heteroatoms. The van der Waals surface area contributed by atoms with E-state index in [1.165, 1.54) is 0 Å². The van der Waals surface area contributed by atoms with Gasteiger partial charge < -0.3 is 4.74 Å². The van der Waals surface area contributed by atoms with Crippen LogP contribution in [-0.2, 0) is 0 Å². The molecule has 0 radical (unpaired) electrons. The van der Waals surface area contributed by atoms with Crippen LogP contribution >= 0.6 is 11.6 Å². The molecule has 0 fully saturated rings. The Kier molecular flexibility index (Phi) is 5.04. The lowest BCUT2D eigenvalue weighted by Gasteiger charge is -2.04. The minimum atomic E-state index is 0.218. The molecule has 2 aromatic rings. The van der Waals surface area contributed by atoms with Gasteiger partial charge in [-0.15, -0.1) is 6.42 Å². The number of nitriles is 1. The Hall–Kier alpha value is -2.68. The van der Waals surface area contributed by atoms with Crippen LogP contribution in [0.5, 0.6) is 5.75 Å². The van der Waals surface area contributed by atoms with Crippen LogP contribution in [0.25, 0.3) is 11.6 Å². The number of terminal acetylenes is 1. The molecule has 0 saturated heterocycles. The van der Waals surface area contributed by atoms with Gasteiger partial charge in [0.05, 0.1) is 11.6 Å². The highest BCUT2D eigenvalue weighted by Gasteiger charge is 2.02. The molecule has 2 rings (SSSR count). The van der Waals surface area contributed by atoms with Crippen LogP contribution in [-0.4, -0.2) is 6.61 Å². The molecule has 2 aromatic carbocycles. The van der Waals surface area contributed by atoms with Gasteiger partial charge in [-0.25, -0.2) is 0 Å². The number of hydrogen-bond acceptors (Lipinski definition) is 2. The standard InChI is InChI=1S/C18H12ClNO/c1-2-10-21-18-5-3-4-14(12-18)11-16(13-20)15-6-8-17(19)9-7-15/h1,3-9,11-12H,10H2. The maximum absolute atomic E-state index is 9.31. The SMILES string of the molecule is C#CCOc1cccc(C=C(C#N)c2ccc(Cl)cc2)c1. The Labute approximate surface area is 129 Å². The summed E-state index contributed by atoms with van der Waals surface area (Å²) in [4.78, 5) is 0. The zero-order valence-corrected chi connectivity index (χ0v) is 12.0. The summed E-state index contributed by atoms with van der Waals surface area (Å²) in [5.74, 6) is 3.09. The van der Waals surface area contributed by atoms with E-state index in [0.29, 0.717) is 16.3 Å². The van der Waals surface area contributed by atoms with Crippen LogP contribution in [0.4, 0.5) is 0 Å². The molecule has 0 unspecified atom stereocenters. The average molecular weight is 294 g/mol. The second-order valence-corrected chi connectivity index (χ2v) is 4.68. The Bertz CT molecular complexity index is 733. The largest absolute Gasteiger partial charge is 0.481 e. The summed E-state index contributed by atoms with van der Waals surface area (Å²) in [6, 6.07) is 16.8. The fraction of sp³-hybridized carbons (Fsp3) is 0.0556. The van der Waals surface area contributed by atoms with Crippen molar-refractivity contribution in [2.45, 2.75) is 0 Å². The van der Waals surface area contributed by atoms with Gasteiger partial charge in [0.25, 0.3) is 0 Å². The summed E-state index contributed by atoms with van der Waals surface area (Å²) in [6.07, 6.45) is 6.96. The normalized spacial score (nSPS) is 10.5. The first-order valence-electron chi connectivity index (χ1n) is 6.27. The maximum Gasteiger partial charge on any atom is 0.148 e. The van der Waals surface area contributed by atoms with Gasteiger partial charge in [0.2, 0.25) is 0 Å². The molecular formula is C18H12ClNO. The van der Waals surface area contributed by atoms with Gasteiger partial charge in [0.15, 0.2) is 0 Å². The molecule has 0 bridgehead atoms. The Morgan fingerprint density at radius 3 is 2.67 bits per heavy atom. The fourth-order valence-electron chi connectivity index (χ4n) is 1.80. The van der Waals surface area contributed by atoms with Crippen LogP contribution < -0.4 is 4.74 Å². The first-order valence-corrected chi connectivity index (χ1v) is 6.65. The van der Waals surface area contributed by atoms with Crippen LogP contribution in [0, 0.1) is 23.7 Å². The Balaban J connectivity index is 2.30. The summed E-state index contributed by atoms with van der Waals surface area (Å²) in [7, 11) is 0. The van der Waals surface area contributed by atoms with Gasteiger partial charge in [-0.05, 0) is 41.5 Å². The predicted octanol–water partition coefficient (Wildman–Crippen LogP) is 4.42. The van der Waals surface area contributed by atoms with Crippen molar-refractivity contribution in [1.29, 1.82) is 5.26 Å². The number of hydrogen-bond donors (Lipinski definition) is 0. The molecular weight excluding hydrogens is 282 g/mol. The number of benzene rings is 2. The van der Waals surface area contributed by atoms with Crippen LogP contribution in [0.15, 0.2) is 48.5 Å². The molecule has 21 heavy (non-hydrogen) atoms. The minimum absolute atomic E-state index is 0.218. The van der Waals surface area contributed by atoms with Crippen molar-refractivity contribution in [3.05, 3.63) is 64.7 Å². The lowest BCUT2D eigenvalue weighted by Crippen LogP contribution is -1.93. The van der Waals surface area contributed by atoms with Gasteiger partial charge in [-0.1, -0.05) is 41.8 Å². The third-order valence-electron chi connectivity index (χ3n) is 2.77. The monoisotopic (exact) mass is 293 g/mol. The molecule has 0 spiro atoms.